The molecule has 1 saturated heterocycles. The van der Waals surface area contributed by atoms with Gasteiger partial charge in [0.05, 0.1) is 6.61 Å². The molecule has 1 amide bonds. The number of carbonyl (C=O) groups excluding carboxylic acids is 2. The van der Waals surface area contributed by atoms with Crippen LogP contribution in [0.5, 0.6) is 0 Å². The molecule has 1 atom stereocenters. The van der Waals surface area contributed by atoms with Crippen molar-refractivity contribution in [3.8, 4) is 0 Å². The number of hydrogen-bond donors (Lipinski definition) is 1. The molecule has 22 heavy (non-hydrogen) atoms. The van der Waals surface area contributed by atoms with Crippen LogP contribution in [0.3, 0.4) is 0 Å². The van der Waals surface area contributed by atoms with E-state index in [1.165, 1.54) is 0 Å². The molecule has 0 aliphatic carbocycles. The van der Waals surface area contributed by atoms with E-state index in [-0.39, 0.29) is 0 Å². The van der Waals surface area contributed by atoms with Crippen LogP contribution < -0.4 is 5.32 Å². The minimum atomic E-state index is -2.69. The third kappa shape index (κ3) is 6.84. The summed E-state index contributed by atoms with van der Waals surface area (Å²) in [6.45, 7) is 7.87. The van der Waals surface area contributed by atoms with Crippen molar-refractivity contribution in [3.05, 3.63) is 0 Å². The minimum absolute atomic E-state index is 0.317. The van der Waals surface area contributed by atoms with Gasteiger partial charge in [0.1, 0.15) is 0 Å². The predicted octanol–water partition coefficient (Wildman–Crippen LogP) is 1.08. The van der Waals surface area contributed by atoms with Crippen LogP contribution in [-0.2, 0) is 27.5 Å². The number of hydrogen-bond acceptors (Lipinski definition) is 7. The molecule has 128 valence electrons. The first-order valence-electron chi connectivity index (χ1n) is 7.59. The molecule has 0 bridgehead atoms. The van der Waals surface area contributed by atoms with Crippen LogP contribution in [0.25, 0.3) is 0 Å². The molecule has 0 saturated carbocycles. The molecule has 1 unspecified atom stereocenters. The average Bonchev–Trinajstić information content (AvgIpc) is 3.29. The number of nitrogens with one attached hydrogen (secondary N) is 1. The van der Waals surface area contributed by atoms with Gasteiger partial charge in [-0.25, -0.2) is 9.59 Å². The first-order valence-corrected chi connectivity index (χ1v) is 9.53. The van der Waals surface area contributed by atoms with Gasteiger partial charge >= 0.3 is 20.9 Å². The lowest BCUT2D eigenvalue weighted by Gasteiger charge is -2.28. The highest BCUT2D eigenvalue weighted by atomic mass is 28.4. The summed E-state index contributed by atoms with van der Waals surface area (Å²) in [6, 6.07) is 0.586. The fraction of sp³-hybridized carbons (Fsp3) is 0.846. The van der Waals surface area contributed by atoms with Crippen LogP contribution in [0.15, 0.2) is 0 Å². The minimum Gasteiger partial charge on any atom is -0.374 e. The van der Waals surface area contributed by atoms with Crippen molar-refractivity contribution in [2.24, 2.45) is 0 Å². The zero-order chi connectivity index (χ0) is 16.4. The summed E-state index contributed by atoms with van der Waals surface area (Å²) >= 11 is 0. The lowest BCUT2D eigenvalue weighted by atomic mass is 10.5. The molecule has 1 heterocycles. The van der Waals surface area contributed by atoms with Crippen molar-refractivity contribution < 1.29 is 32.3 Å². The molecule has 8 nitrogen and oxygen atoms in total. The molecule has 0 radical (unpaired) electrons. The van der Waals surface area contributed by atoms with Gasteiger partial charge in [-0.15, -0.1) is 0 Å². The van der Waals surface area contributed by atoms with Crippen LogP contribution in [0, 0.1) is 0 Å². The lowest BCUT2D eigenvalue weighted by Crippen LogP contribution is -2.46. The molecule has 9 heteroatoms. The SMILES string of the molecule is CCO[Si](CCCNC(=O)OC(=O)C1CO1)(OCC)OCC. The summed E-state index contributed by atoms with van der Waals surface area (Å²) < 4.78 is 26.4. The Morgan fingerprint density at radius 3 is 2.14 bits per heavy atom. The second-order valence-corrected chi connectivity index (χ2v) is 7.27. The highest BCUT2D eigenvalue weighted by Crippen LogP contribution is 2.17. The monoisotopic (exact) mass is 335 g/mol. The Bertz CT molecular complexity index is 345. The van der Waals surface area contributed by atoms with Gasteiger partial charge in [0.25, 0.3) is 0 Å². The number of epoxide rings is 1. The number of carbonyl (C=O) groups is 2. The summed E-state index contributed by atoms with van der Waals surface area (Å²) in [6.07, 6.45) is -0.744. The topological polar surface area (TPSA) is 95.6 Å². The summed E-state index contributed by atoms with van der Waals surface area (Å²) in [5, 5.41) is 2.51. The van der Waals surface area contributed by atoms with E-state index in [1.807, 2.05) is 20.8 Å². The van der Waals surface area contributed by atoms with E-state index in [1.54, 1.807) is 0 Å². The highest BCUT2D eigenvalue weighted by molar-refractivity contribution is 6.60. The maximum absolute atomic E-state index is 11.4. The Balaban J connectivity index is 2.28. The van der Waals surface area contributed by atoms with E-state index in [9.17, 15) is 9.59 Å². The van der Waals surface area contributed by atoms with Crippen molar-refractivity contribution in [2.45, 2.75) is 39.3 Å². The fourth-order valence-electron chi connectivity index (χ4n) is 1.87. The number of esters is 1. The van der Waals surface area contributed by atoms with Gasteiger partial charge in [-0.3, -0.25) is 0 Å². The van der Waals surface area contributed by atoms with E-state index in [0.29, 0.717) is 45.4 Å². The number of rotatable bonds is 11. The largest absolute Gasteiger partial charge is 0.500 e. The van der Waals surface area contributed by atoms with Crippen molar-refractivity contribution in [2.75, 3.05) is 33.0 Å². The smallest absolute Gasteiger partial charge is 0.374 e. The Hall–Kier alpha value is -1.00. The van der Waals surface area contributed by atoms with E-state index < -0.39 is 27.0 Å². The van der Waals surface area contributed by atoms with Crippen LogP contribution in [-0.4, -0.2) is 59.9 Å². The van der Waals surface area contributed by atoms with Gasteiger partial charge < -0.3 is 28.1 Å². The molecular weight excluding hydrogens is 310 g/mol. The Morgan fingerprint density at radius 2 is 1.68 bits per heavy atom. The molecule has 1 aliphatic rings. The molecule has 1 rings (SSSR count). The van der Waals surface area contributed by atoms with E-state index in [0.717, 1.165) is 0 Å². The molecule has 0 spiro atoms. The number of amides is 1. The first kappa shape index (κ1) is 19.0. The third-order valence-corrected chi connectivity index (χ3v) is 5.96. The van der Waals surface area contributed by atoms with Gasteiger partial charge in [0, 0.05) is 32.4 Å². The van der Waals surface area contributed by atoms with Crippen molar-refractivity contribution in [3.63, 3.8) is 0 Å². The van der Waals surface area contributed by atoms with Crippen molar-refractivity contribution in [1.82, 2.24) is 5.32 Å². The van der Waals surface area contributed by atoms with Gasteiger partial charge in [-0.05, 0) is 27.2 Å². The van der Waals surface area contributed by atoms with Crippen LogP contribution in [0.2, 0.25) is 6.04 Å². The molecule has 1 fully saturated rings. The van der Waals surface area contributed by atoms with Gasteiger partial charge in [-0.2, -0.15) is 0 Å². The summed E-state index contributed by atoms with van der Waals surface area (Å²) in [4.78, 5) is 22.6. The Kier molecular flexibility index (Phi) is 8.57. The second kappa shape index (κ2) is 9.90. The standard InChI is InChI=1S/C13H25NO7Si/c1-4-18-22(19-5-2,20-6-3)9-7-8-14-13(16)21-12(15)11-10-17-11/h11H,4-10H2,1-3H3,(H,14,16). The fourth-order valence-corrected chi connectivity index (χ4v) is 4.49. The maximum Gasteiger partial charge on any atom is 0.500 e. The quantitative estimate of drug-likeness (QED) is 0.198. The summed E-state index contributed by atoms with van der Waals surface area (Å²) in [5.41, 5.74) is 0. The van der Waals surface area contributed by atoms with Crippen molar-refractivity contribution >= 4 is 20.9 Å². The Morgan fingerprint density at radius 1 is 1.14 bits per heavy atom. The first-order chi connectivity index (χ1) is 10.6. The zero-order valence-corrected chi connectivity index (χ0v) is 14.4. The number of ether oxygens (including phenoxy) is 2. The molecule has 0 aromatic heterocycles. The van der Waals surface area contributed by atoms with E-state index in [2.05, 4.69) is 10.1 Å². The van der Waals surface area contributed by atoms with Crippen molar-refractivity contribution in [1.29, 1.82) is 0 Å². The molecule has 0 aromatic rings. The predicted molar refractivity (Wildman–Crippen MR) is 79.3 cm³/mol. The average molecular weight is 335 g/mol. The second-order valence-electron chi connectivity index (χ2n) is 4.54. The molecule has 1 N–H and O–H groups in total. The normalized spacial score (nSPS) is 17.1. The molecule has 0 aromatic carbocycles. The van der Waals surface area contributed by atoms with Gasteiger partial charge in [-0.1, -0.05) is 0 Å². The highest BCUT2D eigenvalue weighted by Gasteiger charge is 2.39. The van der Waals surface area contributed by atoms with Gasteiger partial charge in [0.15, 0.2) is 6.10 Å². The summed E-state index contributed by atoms with van der Waals surface area (Å²) in [7, 11) is -2.69. The molecular formula is C13H25NO7Si. The van der Waals surface area contributed by atoms with E-state index >= 15 is 0 Å². The van der Waals surface area contributed by atoms with Crippen LogP contribution >= 0.6 is 0 Å². The maximum atomic E-state index is 11.4. The Labute approximate surface area is 131 Å². The third-order valence-electron chi connectivity index (χ3n) is 2.81. The van der Waals surface area contributed by atoms with Gasteiger partial charge in [0.2, 0.25) is 0 Å². The summed E-state index contributed by atoms with van der Waals surface area (Å²) in [5.74, 6) is -0.654. The zero-order valence-electron chi connectivity index (χ0n) is 13.4. The van der Waals surface area contributed by atoms with Crippen LogP contribution in [0.4, 0.5) is 4.79 Å². The molecule has 1 aliphatic heterocycles. The van der Waals surface area contributed by atoms with E-state index in [4.69, 9.17) is 18.0 Å². The van der Waals surface area contributed by atoms with Crippen LogP contribution in [0.1, 0.15) is 27.2 Å². The lowest BCUT2D eigenvalue weighted by molar-refractivity contribution is -0.138. The number of alkyl carbamates (subject to hydrolysis) is 1.